The van der Waals surface area contributed by atoms with E-state index in [2.05, 4.69) is 15.3 Å². The number of nitrogens with zero attached hydrogens (tertiary/aromatic N) is 2. The molecule has 0 fully saturated rings. The molecule has 0 bridgehead atoms. The Morgan fingerprint density at radius 3 is 2.95 bits per heavy atom. The third-order valence-electron chi connectivity index (χ3n) is 2.88. The molecular weight excluding hydrogens is 262 g/mol. The molecule has 19 heavy (non-hydrogen) atoms. The summed E-state index contributed by atoms with van der Waals surface area (Å²) in [5.74, 6) is -0.101. The van der Waals surface area contributed by atoms with Gasteiger partial charge in [-0.2, -0.15) is 0 Å². The van der Waals surface area contributed by atoms with Gasteiger partial charge in [0.25, 0.3) is 0 Å². The van der Waals surface area contributed by atoms with Crippen molar-refractivity contribution in [3.8, 4) is 0 Å². The zero-order valence-electron chi connectivity index (χ0n) is 11.0. The van der Waals surface area contributed by atoms with Gasteiger partial charge in [0.15, 0.2) is 0 Å². The molecule has 2 aromatic rings. The number of fused-ring (bicyclic) bond motifs is 1. The van der Waals surface area contributed by atoms with Crippen LogP contribution in [0.4, 0.5) is 5.82 Å². The molecule has 0 spiro atoms. The van der Waals surface area contributed by atoms with E-state index in [9.17, 15) is 9.90 Å². The minimum Gasteiger partial charge on any atom is -0.481 e. The number of nitrogens with one attached hydrogen (secondary N) is 1. The normalized spacial score (nSPS) is 12.8. The molecule has 1 unspecified atom stereocenters. The predicted octanol–water partition coefficient (Wildman–Crippen LogP) is 2.85. The van der Waals surface area contributed by atoms with Crippen LogP contribution in [0.3, 0.4) is 0 Å². The van der Waals surface area contributed by atoms with Crippen molar-refractivity contribution in [2.24, 2.45) is 11.8 Å². The quantitative estimate of drug-likeness (QED) is 0.850. The molecule has 0 saturated heterocycles. The van der Waals surface area contributed by atoms with E-state index in [4.69, 9.17) is 0 Å². The number of carboxylic acids is 1. The summed E-state index contributed by atoms with van der Waals surface area (Å²) in [6.45, 7) is 4.44. The number of aromatic nitrogens is 2. The number of hydrogen-bond acceptors (Lipinski definition) is 5. The van der Waals surface area contributed by atoms with Crippen LogP contribution in [0.25, 0.3) is 10.2 Å². The summed E-state index contributed by atoms with van der Waals surface area (Å²) in [5.41, 5.74) is 0. The Bertz CT molecular complexity index is 568. The average Bonchev–Trinajstić information content (AvgIpc) is 2.82. The van der Waals surface area contributed by atoms with Crippen molar-refractivity contribution in [1.82, 2.24) is 9.97 Å². The first-order valence-corrected chi connectivity index (χ1v) is 7.10. The second-order valence-electron chi connectivity index (χ2n) is 4.91. The highest BCUT2D eigenvalue weighted by Gasteiger charge is 2.19. The Morgan fingerprint density at radius 1 is 1.47 bits per heavy atom. The lowest BCUT2D eigenvalue weighted by Crippen LogP contribution is -2.24. The van der Waals surface area contributed by atoms with Crippen molar-refractivity contribution in [1.29, 1.82) is 0 Å². The van der Waals surface area contributed by atoms with Crippen LogP contribution in [0.1, 0.15) is 20.3 Å². The van der Waals surface area contributed by atoms with E-state index in [0.29, 0.717) is 24.7 Å². The van der Waals surface area contributed by atoms with Crippen LogP contribution in [-0.4, -0.2) is 27.6 Å². The molecular formula is C13H17N3O2S. The summed E-state index contributed by atoms with van der Waals surface area (Å²) >= 11 is 1.55. The Hall–Kier alpha value is -1.69. The van der Waals surface area contributed by atoms with Crippen LogP contribution in [0.5, 0.6) is 0 Å². The van der Waals surface area contributed by atoms with Gasteiger partial charge in [-0.1, -0.05) is 13.8 Å². The zero-order chi connectivity index (χ0) is 13.8. The predicted molar refractivity (Wildman–Crippen MR) is 76.5 cm³/mol. The Morgan fingerprint density at radius 2 is 2.26 bits per heavy atom. The van der Waals surface area contributed by atoms with Crippen molar-refractivity contribution in [3.05, 3.63) is 17.8 Å². The van der Waals surface area contributed by atoms with Gasteiger partial charge in [0, 0.05) is 6.54 Å². The van der Waals surface area contributed by atoms with Crippen LogP contribution >= 0.6 is 11.3 Å². The summed E-state index contributed by atoms with van der Waals surface area (Å²) in [6.07, 6.45) is 2.15. The van der Waals surface area contributed by atoms with Crippen LogP contribution in [-0.2, 0) is 4.79 Å². The van der Waals surface area contributed by atoms with E-state index < -0.39 is 11.9 Å². The molecule has 0 saturated carbocycles. The first-order valence-electron chi connectivity index (χ1n) is 6.22. The van der Waals surface area contributed by atoms with E-state index in [1.165, 1.54) is 6.33 Å². The maximum absolute atomic E-state index is 11.2. The van der Waals surface area contributed by atoms with E-state index in [1.54, 1.807) is 11.3 Å². The van der Waals surface area contributed by atoms with Gasteiger partial charge in [-0.15, -0.1) is 11.3 Å². The molecule has 102 valence electrons. The summed E-state index contributed by atoms with van der Waals surface area (Å²) in [4.78, 5) is 20.5. The number of aliphatic carboxylic acids is 1. The summed E-state index contributed by atoms with van der Waals surface area (Å²) in [6, 6.07) is 1.94. The number of carboxylic acid groups (broad SMARTS) is 1. The summed E-state index contributed by atoms with van der Waals surface area (Å²) < 4.78 is 0. The van der Waals surface area contributed by atoms with Crippen LogP contribution in [0, 0.1) is 11.8 Å². The van der Waals surface area contributed by atoms with E-state index >= 15 is 0 Å². The van der Waals surface area contributed by atoms with Crippen molar-refractivity contribution >= 4 is 33.3 Å². The SMILES string of the molecule is CC(C)CC(CNc1ncnc2sccc12)C(=O)O. The van der Waals surface area contributed by atoms with Gasteiger partial charge in [0.05, 0.1) is 11.3 Å². The molecule has 0 aliphatic heterocycles. The maximum Gasteiger partial charge on any atom is 0.308 e. The molecule has 2 rings (SSSR count). The zero-order valence-corrected chi connectivity index (χ0v) is 11.8. The number of rotatable bonds is 6. The maximum atomic E-state index is 11.2. The Labute approximate surface area is 115 Å². The Balaban J connectivity index is 2.08. The second-order valence-corrected chi connectivity index (χ2v) is 5.80. The largest absolute Gasteiger partial charge is 0.481 e. The number of carbonyl (C=O) groups is 1. The third kappa shape index (κ3) is 3.41. The fourth-order valence-corrected chi connectivity index (χ4v) is 2.72. The van der Waals surface area contributed by atoms with Gasteiger partial charge in [0.2, 0.25) is 0 Å². The number of hydrogen-bond donors (Lipinski definition) is 2. The van der Waals surface area contributed by atoms with Crippen molar-refractivity contribution in [2.45, 2.75) is 20.3 Å². The van der Waals surface area contributed by atoms with Gasteiger partial charge < -0.3 is 10.4 Å². The fraction of sp³-hybridized carbons (Fsp3) is 0.462. The van der Waals surface area contributed by atoms with Crippen LogP contribution < -0.4 is 5.32 Å². The van der Waals surface area contributed by atoms with Crippen molar-refractivity contribution in [2.75, 3.05) is 11.9 Å². The van der Waals surface area contributed by atoms with E-state index in [-0.39, 0.29) is 0 Å². The minimum absolute atomic E-state index is 0.356. The molecule has 1 atom stereocenters. The van der Waals surface area contributed by atoms with E-state index in [1.807, 2.05) is 25.3 Å². The van der Waals surface area contributed by atoms with Crippen LogP contribution in [0.15, 0.2) is 17.8 Å². The monoisotopic (exact) mass is 279 g/mol. The second kappa shape index (κ2) is 5.97. The first kappa shape index (κ1) is 13.7. The lowest BCUT2D eigenvalue weighted by atomic mass is 9.97. The van der Waals surface area contributed by atoms with E-state index in [0.717, 1.165) is 10.2 Å². The topological polar surface area (TPSA) is 75.1 Å². The molecule has 2 N–H and O–H groups in total. The van der Waals surface area contributed by atoms with Gasteiger partial charge in [0.1, 0.15) is 17.0 Å². The number of anilines is 1. The summed E-state index contributed by atoms with van der Waals surface area (Å²) in [7, 11) is 0. The van der Waals surface area contributed by atoms with Gasteiger partial charge in [-0.3, -0.25) is 4.79 Å². The number of thiophene rings is 1. The van der Waals surface area contributed by atoms with Crippen molar-refractivity contribution < 1.29 is 9.90 Å². The molecule has 0 amide bonds. The third-order valence-corrected chi connectivity index (χ3v) is 3.70. The van der Waals surface area contributed by atoms with Crippen LogP contribution in [0.2, 0.25) is 0 Å². The smallest absolute Gasteiger partial charge is 0.308 e. The lowest BCUT2D eigenvalue weighted by Gasteiger charge is -2.15. The molecule has 0 radical (unpaired) electrons. The van der Waals surface area contributed by atoms with Gasteiger partial charge >= 0.3 is 5.97 Å². The molecule has 2 heterocycles. The van der Waals surface area contributed by atoms with Crippen molar-refractivity contribution in [3.63, 3.8) is 0 Å². The molecule has 6 heteroatoms. The molecule has 2 aromatic heterocycles. The highest BCUT2D eigenvalue weighted by Crippen LogP contribution is 2.24. The summed E-state index contributed by atoms with van der Waals surface area (Å²) in [5, 5.41) is 15.2. The van der Waals surface area contributed by atoms with Gasteiger partial charge in [-0.25, -0.2) is 9.97 Å². The fourth-order valence-electron chi connectivity index (χ4n) is 1.99. The molecule has 5 nitrogen and oxygen atoms in total. The molecule has 0 aliphatic carbocycles. The first-order chi connectivity index (χ1) is 9.08. The lowest BCUT2D eigenvalue weighted by molar-refractivity contribution is -0.141. The highest BCUT2D eigenvalue weighted by atomic mass is 32.1. The molecule has 0 aromatic carbocycles. The average molecular weight is 279 g/mol. The van der Waals surface area contributed by atoms with Gasteiger partial charge in [-0.05, 0) is 23.8 Å². The minimum atomic E-state index is -0.767. The molecule has 0 aliphatic rings. The highest BCUT2D eigenvalue weighted by molar-refractivity contribution is 7.16. The standard InChI is InChI=1S/C13H17N3O2S/c1-8(2)5-9(13(17)18)6-14-11-10-3-4-19-12(10)16-7-15-11/h3-4,7-9H,5-6H2,1-2H3,(H,17,18)(H,14,15,16). The Kier molecular flexibility index (Phi) is 4.31.